The Labute approximate surface area is 241 Å². The van der Waals surface area contributed by atoms with Crippen LogP contribution in [0.5, 0.6) is 5.75 Å². The average molecular weight is 584 g/mol. The summed E-state index contributed by atoms with van der Waals surface area (Å²) in [5.41, 5.74) is 2.18. The molecule has 0 aromatic heterocycles. The fraction of sp³-hybridized carbons (Fsp3) is 0.333. The van der Waals surface area contributed by atoms with Crippen LogP contribution in [0.2, 0.25) is 0 Å². The summed E-state index contributed by atoms with van der Waals surface area (Å²) >= 11 is 1.51. The van der Waals surface area contributed by atoms with Crippen molar-refractivity contribution in [3.05, 3.63) is 83.9 Å². The number of hydrogen-bond donors (Lipinski definition) is 1. The quantitative estimate of drug-likeness (QED) is 0.289. The van der Waals surface area contributed by atoms with Crippen molar-refractivity contribution in [2.75, 3.05) is 30.8 Å². The van der Waals surface area contributed by atoms with Crippen LogP contribution in [-0.2, 0) is 26.2 Å². The van der Waals surface area contributed by atoms with E-state index in [2.05, 4.69) is 5.32 Å². The van der Waals surface area contributed by atoms with Crippen molar-refractivity contribution in [3.8, 4) is 5.75 Å². The summed E-state index contributed by atoms with van der Waals surface area (Å²) in [5, 5.41) is 2.64. The van der Waals surface area contributed by atoms with E-state index >= 15 is 0 Å². The van der Waals surface area contributed by atoms with E-state index in [-0.39, 0.29) is 17.3 Å². The molecule has 1 N–H and O–H groups in total. The van der Waals surface area contributed by atoms with Crippen LogP contribution in [-0.4, -0.2) is 57.6 Å². The summed E-state index contributed by atoms with van der Waals surface area (Å²) in [5.74, 6) is -0.215. The number of ether oxygens (including phenoxy) is 1. The Morgan fingerprint density at radius 3 is 2.23 bits per heavy atom. The van der Waals surface area contributed by atoms with Crippen LogP contribution >= 0.6 is 11.8 Å². The minimum atomic E-state index is -4.14. The van der Waals surface area contributed by atoms with Crippen LogP contribution in [0.1, 0.15) is 31.4 Å². The third-order valence-corrected chi connectivity index (χ3v) is 8.96. The maximum absolute atomic E-state index is 14.0. The molecule has 0 spiro atoms. The first-order chi connectivity index (χ1) is 19.1. The molecule has 0 aliphatic carbocycles. The van der Waals surface area contributed by atoms with Crippen molar-refractivity contribution in [2.45, 2.75) is 49.6 Å². The number of benzene rings is 3. The number of carbonyl (C=O) groups excluding carboxylic acids is 2. The van der Waals surface area contributed by atoms with Crippen molar-refractivity contribution >= 4 is 39.3 Å². The molecule has 0 radical (unpaired) electrons. The summed E-state index contributed by atoms with van der Waals surface area (Å²) in [6, 6.07) is 20.0. The van der Waals surface area contributed by atoms with E-state index in [1.807, 2.05) is 51.3 Å². The minimum Gasteiger partial charge on any atom is -0.494 e. The summed E-state index contributed by atoms with van der Waals surface area (Å²) in [6.45, 7) is 5.78. The summed E-state index contributed by atoms with van der Waals surface area (Å²) in [7, 11) is -2.61. The summed E-state index contributed by atoms with van der Waals surface area (Å²) in [6.07, 6.45) is 2.27. The molecule has 1 atom stereocenters. The zero-order valence-electron chi connectivity index (χ0n) is 23.6. The fourth-order valence-electron chi connectivity index (χ4n) is 4.37. The molecule has 2 amide bonds. The summed E-state index contributed by atoms with van der Waals surface area (Å²) < 4.78 is 34.6. The van der Waals surface area contributed by atoms with Crippen LogP contribution in [0, 0.1) is 6.92 Å². The van der Waals surface area contributed by atoms with Gasteiger partial charge in [0.15, 0.2) is 0 Å². The molecule has 3 aromatic carbocycles. The molecule has 0 saturated heterocycles. The van der Waals surface area contributed by atoms with Gasteiger partial charge in [-0.2, -0.15) is 0 Å². The first-order valence-electron chi connectivity index (χ1n) is 13.1. The van der Waals surface area contributed by atoms with Gasteiger partial charge < -0.3 is 15.0 Å². The third-order valence-electron chi connectivity index (χ3n) is 6.43. The number of likely N-dealkylation sites (N-methyl/N-ethyl adjacent to an activating group) is 1. The molecule has 3 aromatic rings. The Hall–Kier alpha value is -3.50. The highest BCUT2D eigenvalue weighted by atomic mass is 32.2. The van der Waals surface area contributed by atoms with E-state index in [9.17, 15) is 18.0 Å². The van der Waals surface area contributed by atoms with E-state index in [1.54, 1.807) is 36.4 Å². The zero-order valence-corrected chi connectivity index (χ0v) is 25.2. The van der Waals surface area contributed by atoms with Gasteiger partial charge in [0, 0.05) is 18.5 Å². The summed E-state index contributed by atoms with van der Waals surface area (Å²) in [4.78, 5) is 29.3. The van der Waals surface area contributed by atoms with Gasteiger partial charge >= 0.3 is 0 Å². The Kier molecular flexibility index (Phi) is 11.0. The molecule has 3 rings (SSSR count). The van der Waals surface area contributed by atoms with Crippen LogP contribution in [0.25, 0.3) is 0 Å². The molecule has 0 unspecified atom stereocenters. The topological polar surface area (TPSA) is 96.0 Å². The maximum atomic E-state index is 14.0. The predicted molar refractivity (Wildman–Crippen MR) is 160 cm³/mol. The second kappa shape index (κ2) is 14.2. The molecule has 214 valence electrons. The van der Waals surface area contributed by atoms with Gasteiger partial charge in [0.05, 0.1) is 17.2 Å². The lowest BCUT2D eigenvalue weighted by Crippen LogP contribution is -2.51. The van der Waals surface area contributed by atoms with Crippen molar-refractivity contribution in [1.82, 2.24) is 10.2 Å². The van der Waals surface area contributed by atoms with Crippen LogP contribution in [0.4, 0.5) is 5.69 Å². The predicted octanol–water partition coefficient (Wildman–Crippen LogP) is 4.86. The van der Waals surface area contributed by atoms with Gasteiger partial charge in [-0.25, -0.2) is 8.42 Å². The van der Waals surface area contributed by atoms with Crippen LogP contribution in [0.3, 0.4) is 0 Å². The van der Waals surface area contributed by atoms with Gasteiger partial charge in [-0.05, 0) is 80.6 Å². The lowest BCUT2D eigenvalue weighted by Gasteiger charge is -2.33. The molecule has 10 heteroatoms. The highest BCUT2D eigenvalue weighted by molar-refractivity contribution is 7.98. The van der Waals surface area contributed by atoms with E-state index in [1.165, 1.54) is 35.8 Å². The Balaban J connectivity index is 2.06. The third kappa shape index (κ3) is 7.57. The largest absolute Gasteiger partial charge is 0.494 e. The van der Waals surface area contributed by atoms with Gasteiger partial charge in [0.1, 0.15) is 18.3 Å². The number of sulfonamides is 1. The molecule has 0 aliphatic rings. The van der Waals surface area contributed by atoms with Gasteiger partial charge in [-0.3, -0.25) is 13.9 Å². The normalized spacial score (nSPS) is 11.9. The molecule has 0 saturated carbocycles. The van der Waals surface area contributed by atoms with E-state index < -0.39 is 28.5 Å². The molecular formula is C30H37N3O5S2. The smallest absolute Gasteiger partial charge is 0.264 e. The number of carbonyl (C=O) groups is 2. The monoisotopic (exact) mass is 583 g/mol. The lowest BCUT2D eigenvalue weighted by molar-refractivity contribution is -0.140. The first-order valence-corrected chi connectivity index (χ1v) is 15.8. The Morgan fingerprint density at radius 1 is 1.00 bits per heavy atom. The van der Waals surface area contributed by atoms with E-state index in [0.29, 0.717) is 24.5 Å². The van der Waals surface area contributed by atoms with Crippen molar-refractivity contribution in [2.24, 2.45) is 0 Å². The number of thioether (sulfide) groups is 1. The zero-order chi connectivity index (χ0) is 29.3. The second-order valence-electron chi connectivity index (χ2n) is 9.16. The fourth-order valence-corrected chi connectivity index (χ4v) is 6.19. The van der Waals surface area contributed by atoms with Crippen molar-refractivity contribution < 1.29 is 22.7 Å². The Morgan fingerprint density at radius 2 is 1.68 bits per heavy atom. The highest BCUT2D eigenvalue weighted by Gasteiger charge is 2.33. The number of hydrogen-bond acceptors (Lipinski definition) is 6. The molecule has 0 fully saturated rings. The molecule has 40 heavy (non-hydrogen) atoms. The van der Waals surface area contributed by atoms with Gasteiger partial charge in [0.2, 0.25) is 11.8 Å². The maximum Gasteiger partial charge on any atom is 0.264 e. The van der Waals surface area contributed by atoms with Gasteiger partial charge in [-0.15, -0.1) is 11.8 Å². The second-order valence-corrected chi connectivity index (χ2v) is 11.9. The molecular weight excluding hydrogens is 546 g/mol. The van der Waals surface area contributed by atoms with Gasteiger partial charge in [0.25, 0.3) is 10.0 Å². The first kappa shape index (κ1) is 31.0. The minimum absolute atomic E-state index is 0.0653. The Bertz CT molecular complexity index is 1390. The number of aryl methyl sites for hydroxylation is 1. The van der Waals surface area contributed by atoms with Gasteiger partial charge in [-0.1, -0.05) is 36.8 Å². The number of nitrogens with one attached hydrogen (secondary N) is 1. The van der Waals surface area contributed by atoms with Crippen LogP contribution < -0.4 is 14.4 Å². The molecule has 0 heterocycles. The van der Waals surface area contributed by atoms with E-state index in [0.717, 1.165) is 20.3 Å². The number of nitrogens with zero attached hydrogens (tertiary/aromatic N) is 2. The highest BCUT2D eigenvalue weighted by Crippen LogP contribution is 2.28. The lowest BCUT2D eigenvalue weighted by atomic mass is 10.1. The van der Waals surface area contributed by atoms with E-state index in [4.69, 9.17) is 4.74 Å². The number of rotatable bonds is 13. The molecule has 0 bridgehead atoms. The van der Waals surface area contributed by atoms with Crippen LogP contribution in [0.15, 0.2) is 82.6 Å². The molecule has 8 nitrogen and oxygen atoms in total. The standard InChI is InChI=1S/C30H37N3O5S2/c1-6-28(30(35)31-4)32(20-23-10-8-9-22(3)19-23)29(34)21-33(24-11-13-25(14-12-24)38-7-2)40(36,37)27-17-15-26(39-5)16-18-27/h8-19,28H,6-7,20-21H2,1-5H3,(H,31,35)/t28-/m1/s1. The average Bonchev–Trinajstić information content (AvgIpc) is 2.96. The van der Waals surface area contributed by atoms with Crippen molar-refractivity contribution in [3.63, 3.8) is 0 Å². The molecule has 0 aliphatic heterocycles. The SMILES string of the molecule is CCOc1ccc(N(CC(=O)N(Cc2cccc(C)c2)[C@H](CC)C(=O)NC)S(=O)(=O)c2ccc(SC)cc2)cc1. The van der Waals surface area contributed by atoms with Crippen molar-refractivity contribution in [1.29, 1.82) is 0 Å². The number of amides is 2. The number of anilines is 1.